The molecular weight excluding hydrogens is 483 g/mol. The molecule has 2 nitrogen and oxygen atoms in total. The van der Waals surface area contributed by atoms with Gasteiger partial charge >= 0.3 is 6.18 Å². The molecule has 1 unspecified atom stereocenters. The fourth-order valence-electron chi connectivity index (χ4n) is 5.42. The van der Waals surface area contributed by atoms with E-state index in [9.17, 15) is 13.2 Å². The number of halogens is 3. The van der Waals surface area contributed by atoms with Crippen LogP contribution in [0.15, 0.2) is 121 Å². The molecule has 0 saturated heterocycles. The smallest absolute Gasteiger partial charge is 0.416 e. The van der Waals surface area contributed by atoms with E-state index < -0.39 is 17.3 Å². The molecule has 1 aliphatic rings. The number of rotatable bonds is 4. The summed E-state index contributed by atoms with van der Waals surface area (Å²) in [6, 6.07) is 35.6. The molecule has 0 spiro atoms. The quantitative estimate of drug-likeness (QED) is 0.241. The number of hydrogen-bond donors (Lipinski definition) is 0. The number of fused-ring (bicyclic) bond motifs is 3. The maximum atomic E-state index is 13.5. The van der Waals surface area contributed by atoms with Gasteiger partial charge in [-0.15, -0.1) is 0 Å². The summed E-state index contributed by atoms with van der Waals surface area (Å²) in [4.78, 5) is 2.14. The number of benzene rings is 5. The Labute approximate surface area is 219 Å². The van der Waals surface area contributed by atoms with E-state index in [1.165, 1.54) is 0 Å². The minimum Gasteiger partial charge on any atom is -0.497 e. The maximum Gasteiger partial charge on any atom is 0.416 e. The molecule has 0 fully saturated rings. The van der Waals surface area contributed by atoms with Crippen LogP contribution >= 0.6 is 0 Å². The van der Waals surface area contributed by atoms with Crippen LogP contribution in [-0.4, -0.2) is 7.11 Å². The van der Waals surface area contributed by atoms with Crippen LogP contribution < -0.4 is 9.64 Å². The van der Waals surface area contributed by atoms with Gasteiger partial charge in [-0.05, 0) is 70.4 Å². The van der Waals surface area contributed by atoms with E-state index in [1.807, 2.05) is 54.6 Å². The maximum absolute atomic E-state index is 13.5. The van der Waals surface area contributed by atoms with E-state index in [0.717, 1.165) is 51.0 Å². The topological polar surface area (TPSA) is 12.5 Å². The summed E-state index contributed by atoms with van der Waals surface area (Å²) in [5.41, 5.74) is 3.01. The van der Waals surface area contributed by atoms with Gasteiger partial charge in [0.2, 0.25) is 0 Å². The molecule has 0 N–H and O–H groups in total. The highest BCUT2D eigenvalue weighted by atomic mass is 19.4. The number of ether oxygens (including phenoxy) is 1. The van der Waals surface area contributed by atoms with Gasteiger partial charge in [0, 0.05) is 11.3 Å². The average Bonchev–Trinajstić information content (AvgIpc) is 2.96. The molecule has 1 aliphatic heterocycles. The van der Waals surface area contributed by atoms with Gasteiger partial charge in [0.1, 0.15) is 11.3 Å². The Kier molecular flexibility index (Phi) is 5.72. The Balaban J connectivity index is 1.68. The van der Waals surface area contributed by atoms with E-state index in [-0.39, 0.29) is 0 Å². The van der Waals surface area contributed by atoms with Gasteiger partial charge in [-0.3, -0.25) is 0 Å². The van der Waals surface area contributed by atoms with Crippen LogP contribution in [0.4, 0.5) is 24.5 Å². The van der Waals surface area contributed by atoms with E-state index in [1.54, 1.807) is 19.2 Å². The van der Waals surface area contributed by atoms with Gasteiger partial charge in [0.25, 0.3) is 0 Å². The van der Waals surface area contributed by atoms with Gasteiger partial charge in [-0.1, -0.05) is 78.9 Å². The minimum absolute atomic E-state index is 0.651. The van der Waals surface area contributed by atoms with E-state index in [0.29, 0.717) is 5.69 Å². The largest absolute Gasteiger partial charge is 0.497 e. The monoisotopic (exact) mass is 507 g/mol. The van der Waals surface area contributed by atoms with Crippen LogP contribution in [0.1, 0.15) is 22.3 Å². The third-order valence-corrected chi connectivity index (χ3v) is 7.23. The van der Waals surface area contributed by atoms with Crippen molar-refractivity contribution in [3.8, 4) is 5.75 Å². The molecule has 1 heterocycles. The molecule has 1 atom stereocenters. The van der Waals surface area contributed by atoms with Crippen molar-refractivity contribution < 1.29 is 17.9 Å². The molecule has 0 saturated carbocycles. The van der Waals surface area contributed by atoms with Crippen molar-refractivity contribution in [1.82, 2.24) is 0 Å². The molecule has 188 valence electrons. The highest BCUT2D eigenvalue weighted by Gasteiger charge is 2.43. The van der Waals surface area contributed by atoms with Crippen LogP contribution in [0.25, 0.3) is 16.8 Å². The lowest BCUT2D eigenvalue weighted by molar-refractivity contribution is -0.137. The molecule has 0 aromatic heterocycles. The summed E-state index contributed by atoms with van der Waals surface area (Å²) in [6.45, 7) is 0. The molecule has 5 aromatic rings. The van der Waals surface area contributed by atoms with Crippen LogP contribution in [-0.2, 0) is 11.7 Å². The normalized spacial score (nSPS) is 16.9. The van der Waals surface area contributed by atoms with E-state index >= 15 is 0 Å². The second-order valence-corrected chi connectivity index (χ2v) is 9.29. The molecule has 0 amide bonds. The average molecular weight is 508 g/mol. The Morgan fingerprint density at radius 2 is 1.34 bits per heavy atom. The third kappa shape index (κ3) is 3.82. The molecule has 5 aromatic carbocycles. The summed E-state index contributed by atoms with van der Waals surface area (Å²) in [5.74, 6) is 0.726. The fourth-order valence-corrected chi connectivity index (χ4v) is 5.42. The lowest BCUT2D eigenvalue weighted by atomic mass is 9.77. The minimum atomic E-state index is -4.42. The summed E-state index contributed by atoms with van der Waals surface area (Å²) < 4.78 is 45.9. The van der Waals surface area contributed by atoms with Crippen molar-refractivity contribution >= 4 is 28.2 Å². The summed E-state index contributed by atoms with van der Waals surface area (Å²) >= 11 is 0. The summed E-state index contributed by atoms with van der Waals surface area (Å²) in [6.07, 6.45) is -0.132. The van der Waals surface area contributed by atoms with Crippen molar-refractivity contribution in [2.24, 2.45) is 0 Å². The Morgan fingerprint density at radius 3 is 2.03 bits per heavy atom. The predicted octanol–water partition coefficient (Wildman–Crippen LogP) is 8.98. The first-order valence-electron chi connectivity index (χ1n) is 12.3. The lowest BCUT2D eigenvalue weighted by Gasteiger charge is -2.47. The van der Waals surface area contributed by atoms with Crippen molar-refractivity contribution in [2.75, 3.05) is 12.0 Å². The number of anilines is 2. The van der Waals surface area contributed by atoms with Crippen molar-refractivity contribution in [2.45, 2.75) is 11.7 Å². The zero-order valence-electron chi connectivity index (χ0n) is 20.6. The van der Waals surface area contributed by atoms with Gasteiger partial charge in [0.05, 0.1) is 18.4 Å². The van der Waals surface area contributed by atoms with Crippen LogP contribution in [0.2, 0.25) is 0 Å². The second-order valence-electron chi connectivity index (χ2n) is 9.29. The summed E-state index contributed by atoms with van der Waals surface area (Å²) in [5, 5.41) is 2.18. The summed E-state index contributed by atoms with van der Waals surface area (Å²) in [7, 11) is 1.62. The first-order valence-corrected chi connectivity index (χ1v) is 12.3. The van der Waals surface area contributed by atoms with E-state index in [4.69, 9.17) is 4.74 Å². The van der Waals surface area contributed by atoms with Gasteiger partial charge in [-0.25, -0.2) is 0 Å². The predicted molar refractivity (Wildman–Crippen MR) is 147 cm³/mol. The number of hydrogen-bond acceptors (Lipinski definition) is 2. The molecule has 0 aliphatic carbocycles. The number of alkyl halides is 3. The molecular formula is C33H24F3NO. The number of nitrogens with zero attached hydrogens (tertiary/aromatic N) is 1. The Hall–Kier alpha value is -4.51. The SMILES string of the molecule is COc1ccc(C2(c3ccccc3)C=Cc3c(ccc4ccccc34)N2c2ccc(C(F)(F)F)cc2)cc1. The van der Waals surface area contributed by atoms with Crippen LogP contribution in [0, 0.1) is 0 Å². The molecule has 0 bridgehead atoms. The lowest BCUT2D eigenvalue weighted by Crippen LogP contribution is -2.44. The first kappa shape index (κ1) is 23.9. The Morgan fingerprint density at radius 1 is 0.684 bits per heavy atom. The van der Waals surface area contributed by atoms with Crippen molar-refractivity contribution in [3.05, 3.63) is 144 Å². The highest BCUT2D eigenvalue weighted by molar-refractivity contribution is 5.99. The number of methoxy groups -OCH3 is 1. The molecule has 38 heavy (non-hydrogen) atoms. The first-order chi connectivity index (χ1) is 18.4. The van der Waals surface area contributed by atoms with Crippen molar-refractivity contribution in [1.29, 1.82) is 0 Å². The van der Waals surface area contributed by atoms with E-state index in [2.05, 4.69) is 53.5 Å². The fraction of sp³-hybridized carbons (Fsp3) is 0.0909. The van der Waals surface area contributed by atoms with Crippen molar-refractivity contribution in [3.63, 3.8) is 0 Å². The molecule has 5 heteroatoms. The second kappa shape index (κ2) is 9.10. The van der Waals surface area contributed by atoms with Gasteiger partial charge < -0.3 is 9.64 Å². The Bertz CT molecular complexity index is 1620. The standard InChI is InChI=1S/C33H24F3NO/c1-38-28-18-14-25(15-19-28)32(24-8-3-2-4-9-24)22-21-30-29-10-6-5-7-23(29)11-20-31(30)37(32)27-16-12-26(13-17-27)33(34,35)36/h2-22H,1H3. The van der Waals surface area contributed by atoms with Crippen LogP contribution in [0.3, 0.4) is 0 Å². The zero-order chi connectivity index (χ0) is 26.3. The molecule has 6 rings (SSSR count). The zero-order valence-corrected chi connectivity index (χ0v) is 20.6. The highest BCUT2D eigenvalue weighted by Crippen LogP contribution is 2.51. The van der Waals surface area contributed by atoms with Gasteiger partial charge in [-0.2, -0.15) is 13.2 Å². The van der Waals surface area contributed by atoms with Crippen LogP contribution in [0.5, 0.6) is 5.75 Å². The molecule has 0 radical (unpaired) electrons. The van der Waals surface area contributed by atoms with Gasteiger partial charge in [0.15, 0.2) is 0 Å². The third-order valence-electron chi connectivity index (χ3n) is 7.23.